The number of carbonyl (C=O) groups is 4. The summed E-state index contributed by atoms with van der Waals surface area (Å²) in [6.07, 6.45) is 8.16. The average molecular weight is 511 g/mol. The number of hydrogen-bond donors (Lipinski definition) is 2. The van der Waals surface area contributed by atoms with Crippen LogP contribution >= 0.6 is 11.6 Å². The minimum atomic E-state index is -0.640. The molecular formula is C27H31ClN4O4. The van der Waals surface area contributed by atoms with Crippen molar-refractivity contribution in [2.24, 2.45) is 11.3 Å². The van der Waals surface area contributed by atoms with Gasteiger partial charge in [0.25, 0.3) is 11.8 Å². The van der Waals surface area contributed by atoms with Gasteiger partial charge in [0.2, 0.25) is 5.91 Å². The second-order valence-corrected chi connectivity index (χ2v) is 10.5. The lowest BCUT2D eigenvalue weighted by Crippen LogP contribution is -2.53. The number of allylic oxidation sites excluding steroid dienone is 5. The third kappa shape index (κ3) is 5.09. The van der Waals surface area contributed by atoms with Gasteiger partial charge in [-0.2, -0.15) is 0 Å². The Labute approximate surface area is 216 Å². The van der Waals surface area contributed by atoms with Gasteiger partial charge in [-0.15, -0.1) is 0 Å². The Bertz CT molecular complexity index is 1220. The van der Waals surface area contributed by atoms with Crippen molar-refractivity contribution in [2.45, 2.75) is 52.7 Å². The first kappa shape index (κ1) is 25.7. The van der Waals surface area contributed by atoms with Crippen LogP contribution in [0.1, 0.15) is 55.1 Å². The van der Waals surface area contributed by atoms with Crippen LogP contribution in [-0.2, 0) is 22.7 Å². The highest BCUT2D eigenvalue weighted by Crippen LogP contribution is 2.35. The molecule has 5 amide bonds. The van der Waals surface area contributed by atoms with E-state index < -0.39 is 6.04 Å². The number of imide groups is 1. The van der Waals surface area contributed by atoms with E-state index in [1.165, 1.54) is 11.9 Å². The number of hydrogen-bond acceptors (Lipinski definition) is 4. The summed E-state index contributed by atoms with van der Waals surface area (Å²) in [5.74, 6) is -0.453. The Kier molecular flexibility index (Phi) is 7.09. The smallest absolute Gasteiger partial charge is 0.319 e. The first-order chi connectivity index (χ1) is 17.0. The zero-order chi connectivity index (χ0) is 26.2. The van der Waals surface area contributed by atoms with Crippen LogP contribution in [0.2, 0.25) is 0 Å². The molecule has 3 aliphatic rings. The molecule has 0 saturated carbocycles. The standard InChI is InChI=1S/C27H31ClN4O4/c1-16(2)27(3)10-9-20(12-19(28)13-27)30-26(36)29-14-17-5-6-21-18(11-17)15-32(24(21)34)22-7-8-23(33)31(4)25(22)35/h5-6,9-13,16,22H,7-8,14-15H2,1-4H3,(H2,29,30,36). The van der Waals surface area contributed by atoms with Gasteiger partial charge in [-0.05, 0) is 41.7 Å². The van der Waals surface area contributed by atoms with Crippen LogP contribution in [0, 0.1) is 11.3 Å². The van der Waals surface area contributed by atoms with E-state index in [0.717, 1.165) is 16.0 Å². The number of benzene rings is 1. The lowest BCUT2D eigenvalue weighted by molar-refractivity contribution is -0.150. The second-order valence-electron chi connectivity index (χ2n) is 10.1. The van der Waals surface area contributed by atoms with Crippen LogP contribution in [0.15, 0.2) is 53.2 Å². The maximum Gasteiger partial charge on any atom is 0.319 e. The van der Waals surface area contributed by atoms with Crippen molar-refractivity contribution in [1.29, 1.82) is 0 Å². The van der Waals surface area contributed by atoms with Gasteiger partial charge in [0.05, 0.1) is 0 Å². The van der Waals surface area contributed by atoms with Gasteiger partial charge in [0, 0.05) is 48.3 Å². The zero-order valence-electron chi connectivity index (χ0n) is 20.9. The fraction of sp³-hybridized carbons (Fsp3) is 0.407. The molecule has 1 aliphatic carbocycles. The minimum Gasteiger partial charge on any atom is -0.334 e. The van der Waals surface area contributed by atoms with Crippen molar-refractivity contribution >= 4 is 35.4 Å². The summed E-state index contributed by atoms with van der Waals surface area (Å²) in [5.41, 5.74) is 2.55. The molecule has 8 nitrogen and oxygen atoms in total. The third-order valence-corrected chi connectivity index (χ3v) is 7.54. The van der Waals surface area contributed by atoms with Crippen molar-refractivity contribution in [3.63, 3.8) is 0 Å². The Morgan fingerprint density at radius 3 is 2.72 bits per heavy atom. The van der Waals surface area contributed by atoms with Gasteiger partial charge in [0.1, 0.15) is 6.04 Å². The molecule has 1 aromatic carbocycles. The number of nitrogens with zero attached hydrogens (tertiary/aromatic N) is 2. The SMILES string of the molecule is CC(C)C1(C)C=CC(NC(=O)NCc2ccc3c(c2)CN(C2CCC(=O)N(C)C2=O)C3=O)=CC(Cl)=C1. The lowest BCUT2D eigenvalue weighted by atomic mass is 9.79. The van der Waals surface area contributed by atoms with Gasteiger partial charge in [-0.25, -0.2) is 4.79 Å². The maximum absolute atomic E-state index is 12.9. The number of nitrogens with one attached hydrogen (secondary N) is 2. The van der Waals surface area contributed by atoms with Gasteiger partial charge in [-0.3, -0.25) is 19.3 Å². The monoisotopic (exact) mass is 510 g/mol. The Hall–Kier alpha value is -3.39. The van der Waals surface area contributed by atoms with Crippen molar-refractivity contribution in [3.05, 3.63) is 69.9 Å². The minimum absolute atomic E-state index is 0.212. The summed E-state index contributed by atoms with van der Waals surface area (Å²) >= 11 is 6.36. The molecule has 36 heavy (non-hydrogen) atoms. The lowest BCUT2D eigenvalue weighted by Gasteiger charge is -2.33. The quantitative estimate of drug-likeness (QED) is 0.588. The number of likely N-dealkylation sites (tertiary alicyclic amines) is 1. The fourth-order valence-electron chi connectivity index (χ4n) is 4.59. The number of likely N-dealkylation sites (N-methyl/N-ethyl adjacent to an activating group) is 1. The number of amides is 5. The molecule has 0 radical (unpaired) electrons. The topological polar surface area (TPSA) is 98.8 Å². The van der Waals surface area contributed by atoms with Gasteiger partial charge >= 0.3 is 6.03 Å². The molecule has 9 heteroatoms. The molecule has 2 heterocycles. The molecule has 0 aromatic heterocycles. The largest absolute Gasteiger partial charge is 0.334 e. The number of piperidine rings is 1. The van der Waals surface area contributed by atoms with E-state index in [0.29, 0.717) is 35.2 Å². The first-order valence-electron chi connectivity index (χ1n) is 12.1. The molecule has 1 aromatic rings. The highest BCUT2D eigenvalue weighted by Gasteiger charge is 2.41. The Morgan fingerprint density at radius 1 is 1.25 bits per heavy atom. The molecule has 4 rings (SSSR count). The van der Waals surface area contributed by atoms with Gasteiger partial charge in [0.15, 0.2) is 0 Å². The number of fused-ring (bicyclic) bond motifs is 1. The van der Waals surface area contributed by atoms with Crippen molar-refractivity contribution in [2.75, 3.05) is 7.05 Å². The molecule has 1 fully saturated rings. The molecule has 2 aliphatic heterocycles. The maximum atomic E-state index is 12.9. The van der Waals surface area contributed by atoms with E-state index >= 15 is 0 Å². The normalized spacial score (nSPS) is 23.9. The van der Waals surface area contributed by atoms with E-state index in [9.17, 15) is 19.2 Å². The van der Waals surface area contributed by atoms with Crippen LogP contribution < -0.4 is 10.6 Å². The summed E-state index contributed by atoms with van der Waals surface area (Å²) < 4.78 is 0. The number of rotatable bonds is 5. The molecular weight excluding hydrogens is 480 g/mol. The van der Waals surface area contributed by atoms with Crippen molar-refractivity contribution in [1.82, 2.24) is 20.4 Å². The van der Waals surface area contributed by atoms with E-state index in [1.807, 2.05) is 24.3 Å². The van der Waals surface area contributed by atoms with Gasteiger partial charge in [-0.1, -0.05) is 56.7 Å². The van der Waals surface area contributed by atoms with E-state index in [-0.39, 0.29) is 42.1 Å². The van der Waals surface area contributed by atoms with E-state index in [2.05, 4.69) is 31.4 Å². The van der Waals surface area contributed by atoms with Crippen molar-refractivity contribution < 1.29 is 19.2 Å². The van der Waals surface area contributed by atoms with E-state index in [4.69, 9.17) is 11.6 Å². The number of halogens is 1. The summed E-state index contributed by atoms with van der Waals surface area (Å²) in [6.45, 7) is 6.88. The first-order valence-corrected chi connectivity index (χ1v) is 12.4. The third-order valence-electron chi connectivity index (χ3n) is 7.32. The predicted molar refractivity (Wildman–Crippen MR) is 137 cm³/mol. The summed E-state index contributed by atoms with van der Waals surface area (Å²) in [6, 6.07) is 4.37. The predicted octanol–water partition coefficient (Wildman–Crippen LogP) is 3.83. The van der Waals surface area contributed by atoms with Crippen molar-refractivity contribution in [3.8, 4) is 0 Å². The molecule has 2 N–H and O–H groups in total. The highest BCUT2D eigenvalue weighted by atomic mass is 35.5. The molecule has 2 atom stereocenters. The van der Waals surface area contributed by atoms with E-state index in [1.54, 1.807) is 18.2 Å². The second kappa shape index (κ2) is 9.93. The summed E-state index contributed by atoms with van der Waals surface area (Å²) in [5, 5.41) is 6.22. The van der Waals surface area contributed by atoms with Gasteiger partial charge < -0.3 is 15.5 Å². The molecule has 190 valence electrons. The average Bonchev–Trinajstić information content (AvgIpc) is 3.06. The molecule has 2 unspecified atom stereocenters. The van der Waals surface area contributed by atoms with Crippen LogP contribution in [0.4, 0.5) is 4.79 Å². The Balaban J connectivity index is 1.37. The zero-order valence-corrected chi connectivity index (χ0v) is 21.7. The molecule has 0 spiro atoms. The number of urea groups is 1. The summed E-state index contributed by atoms with van der Waals surface area (Å²) in [7, 11) is 1.45. The molecule has 0 bridgehead atoms. The van der Waals surface area contributed by atoms with Crippen LogP contribution in [0.25, 0.3) is 0 Å². The van der Waals surface area contributed by atoms with Crippen LogP contribution in [-0.4, -0.2) is 46.6 Å². The van der Waals surface area contributed by atoms with Crippen LogP contribution in [0.5, 0.6) is 0 Å². The summed E-state index contributed by atoms with van der Waals surface area (Å²) in [4.78, 5) is 52.5. The number of carbonyl (C=O) groups excluding carboxylic acids is 4. The fourth-order valence-corrected chi connectivity index (χ4v) is 4.95. The van der Waals surface area contributed by atoms with Crippen LogP contribution in [0.3, 0.4) is 0 Å². The highest BCUT2D eigenvalue weighted by molar-refractivity contribution is 6.31. The Morgan fingerprint density at radius 2 is 2.00 bits per heavy atom. The molecule has 1 saturated heterocycles.